The van der Waals surface area contributed by atoms with Crippen molar-refractivity contribution in [2.45, 2.75) is 46.1 Å². The van der Waals surface area contributed by atoms with E-state index in [1.807, 2.05) is 45.5 Å². The van der Waals surface area contributed by atoms with E-state index in [0.29, 0.717) is 6.54 Å². The number of hydrogen-bond acceptors (Lipinski definition) is 4. The molecular formula is C15H27N3O3. The number of aromatic nitrogens is 2. The van der Waals surface area contributed by atoms with Crippen LogP contribution in [-0.4, -0.2) is 39.7 Å². The van der Waals surface area contributed by atoms with Gasteiger partial charge in [-0.2, -0.15) is 5.10 Å². The molecule has 2 N–H and O–H groups in total. The van der Waals surface area contributed by atoms with Gasteiger partial charge in [0.2, 0.25) is 0 Å². The molecule has 0 aromatic carbocycles. The molecule has 0 radical (unpaired) electrons. The van der Waals surface area contributed by atoms with Crippen LogP contribution in [0.15, 0.2) is 12.3 Å². The van der Waals surface area contributed by atoms with E-state index >= 15 is 0 Å². The zero-order chi connectivity index (χ0) is 16.1. The summed E-state index contributed by atoms with van der Waals surface area (Å²) in [5.74, 6) is 0. The van der Waals surface area contributed by atoms with E-state index in [0.717, 1.165) is 18.5 Å². The third-order valence-electron chi connectivity index (χ3n) is 3.35. The van der Waals surface area contributed by atoms with E-state index in [1.165, 1.54) is 0 Å². The summed E-state index contributed by atoms with van der Waals surface area (Å²) in [5.41, 5.74) is 0.196. The number of aryl methyl sites for hydroxylation is 2. The zero-order valence-electron chi connectivity index (χ0n) is 13.6. The Morgan fingerprint density at radius 3 is 2.57 bits per heavy atom. The van der Waals surface area contributed by atoms with Crippen molar-refractivity contribution in [1.29, 1.82) is 0 Å². The summed E-state index contributed by atoms with van der Waals surface area (Å²) in [5, 5.41) is 16.5. The van der Waals surface area contributed by atoms with Crippen molar-refractivity contribution in [1.82, 2.24) is 15.1 Å². The van der Waals surface area contributed by atoms with Gasteiger partial charge in [0.25, 0.3) is 0 Å². The lowest BCUT2D eigenvalue weighted by molar-refractivity contribution is 0.0472. The van der Waals surface area contributed by atoms with E-state index in [9.17, 15) is 9.90 Å². The first kappa shape index (κ1) is 17.5. The molecule has 0 saturated heterocycles. The number of nitrogens with zero attached hydrogens (tertiary/aromatic N) is 2. The summed E-state index contributed by atoms with van der Waals surface area (Å²) in [6.07, 6.45) is 2.84. The fraction of sp³-hybridized carbons (Fsp3) is 0.733. The van der Waals surface area contributed by atoms with Crippen molar-refractivity contribution in [3.8, 4) is 0 Å². The van der Waals surface area contributed by atoms with Gasteiger partial charge in [0.15, 0.2) is 0 Å². The third-order valence-corrected chi connectivity index (χ3v) is 3.35. The molecule has 1 atom stereocenters. The minimum Gasteiger partial charge on any atom is -0.444 e. The van der Waals surface area contributed by atoms with Crippen LogP contribution in [0.5, 0.6) is 0 Å². The van der Waals surface area contributed by atoms with Crippen LogP contribution >= 0.6 is 0 Å². The highest BCUT2D eigenvalue weighted by atomic mass is 16.6. The Hall–Kier alpha value is -1.56. The van der Waals surface area contributed by atoms with Crippen LogP contribution in [0, 0.1) is 5.41 Å². The smallest absolute Gasteiger partial charge is 0.407 e. The second-order valence-corrected chi connectivity index (χ2v) is 6.77. The minimum absolute atomic E-state index is 0.000644. The molecule has 0 aliphatic heterocycles. The molecule has 0 fully saturated rings. The summed E-state index contributed by atoms with van der Waals surface area (Å²) >= 11 is 0. The molecule has 0 aliphatic carbocycles. The highest BCUT2D eigenvalue weighted by molar-refractivity contribution is 5.67. The minimum atomic E-state index is -0.519. The Balaban J connectivity index is 2.48. The van der Waals surface area contributed by atoms with Crippen LogP contribution in [0.3, 0.4) is 0 Å². The molecule has 6 heteroatoms. The van der Waals surface area contributed by atoms with Gasteiger partial charge in [-0.15, -0.1) is 0 Å². The van der Waals surface area contributed by atoms with Crippen molar-refractivity contribution in [2.24, 2.45) is 12.5 Å². The molecule has 1 amide bonds. The summed E-state index contributed by atoms with van der Waals surface area (Å²) in [7, 11) is 1.89. The Morgan fingerprint density at radius 2 is 2.10 bits per heavy atom. The van der Waals surface area contributed by atoms with Gasteiger partial charge in [0.05, 0.1) is 6.61 Å². The van der Waals surface area contributed by atoms with Crippen molar-refractivity contribution in [3.05, 3.63) is 18.0 Å². The van der Waals surface area contributed by atoms with Crippen LogP contribution in [-0.2, 0) is 18.2 Å². The lowest BCUT2D eigenvalue weighted by atomic mass is 9.85. The lowest BCUT2D eigenvalue weighted by Gasteiger charge is -2.28. The van der Waals surface area contributed by atoms with Gasteiger partial charge < -0.3 is 15.2 Å². The first-order valence-electron chi connectivity index (χ1n) is 7.20. The first-order chi connectivity index (χ1) is 9.65. The van der Waals surface area contributed by atoms with Gasteiger partial charge in [-0.25, -0.2) is 4.79 Å². The molecule has 21 heavy (non-hydrogen) atoms. The third kappa shape index (κ3) is 6.16. The standard InChI is InChI=1S/C15H27N3O3/c1-14(2,3)21-13(20)16-10-15(4,11-19)8-6-12-7-9-17-18(12)5/h7,9,19H,6,8,10-11H2,1-5H3,(H,16,20). The van der Waals surface area contributed by atoms with Crippen LogP contribution in [0.4, 0.5) is 4.79 Å². The molecule has 6 nitrogen and oxygen atoms in total. The number of rotatable bonds is 6. The summed E-state index contributed by atoms with van der Waals surface area (Å²) in [6.45, 7) is 7.78. The first-order valence-corrected chi connectivity index (χ1v) is 7.20. The molecule has 0 bridgehead atoms. The highest BCUT2D eigenvalue weighted by Crippen LogP contribution is 2.22. The molecule has 0 aliphatic rings. The summed E-state index contributed by atoms with van der Waals surface area (Å²) < 4.78 is 7.02. The molecule has 1 rings (SSSR count). The average molecular weight is 297 g/mol. The Labute approximate surface area is 126 Å². The van der Waals surface area contributed by atoms with Gasteiger partial charge in [-0.1, -0.05) is 6.92 Å². The molecular weight excluding hydrogens is 270 g/mol. The number of nitrogens with one attached hydrogen (secondary N) is 1. The normalized spacial score (nSPS) is 14.6. The van der Waals surface area contributed by atoms with Gasteiger partial charge in [0.1, 0.15) is 5.60 Å². The zero-order valence-corrected chi connectivity index (χ0v) is 13.6. The van der Waals surface area contributed by atoms with Crippen LogP contribution in [0.2, 0.25) is 0 Å². The SMILES string of the molecule is Cn1nccc1CCC(C)(CO)CNC(=O)OC(C)(C)C. The Morgan fingerprint density at radius 1 is 1.43 bits per heavy atom. The number of alkyl carbamates (subject to hydrolysis) is 1. The number of aliphatic hydroxyl groups excluding tert-OH is 1. The molecule has 1 aromatic rings. The number of ether oxygens (including phenoxy) is 1. The monoisotopic (exact) mass is 297 g/mol. The van der Waals surface area contributed by atoms with E-state index in [1.54, 1.807) is 6.20 Å². The van der Waals surface area contributed by atoms with Gasteiger partial charge >= 0.3 is 6.09 Å². The maximum absolute atomic E-state index is 11.7. The predicted molar refractivity (Wildman–Crippen MR) is 81.0 cm³/mol. The fourth-order valence-electron chi connectivity index (χ4n) is 1.90. The van der Waals surface area contributed by atoms with Crippen molar-refractivity contribution in [3.63, 3.8) is 0 Å². The Kier molecular flexibility index (Phi) is 5.78. The number of amides is 1. The maximum Gasteiger partial charge on any atom is 0.407 e. The summed E-state index contributed by atoms with van der Waals surface area (Å²) in [4.78, 5) is 11.7. The van der Waals surface area contributed by atoms with E-state index in [2.05, 4.69) is 10.4 Å². The van der Waals surface area contributed by atoms with Crippen LogP contribution < -0.4 is 5.32 Å². The largest absolute Gasteiger partial charge is 0.444 e. The van der Waals surface area contributed by atoms with Crippen molar-refractivity contribution in [2.75, 3.05) is 13.2 Å². The predicted octanol–water partition coefficient (Wildman–Crippen LogP) is 1.88. The highest BCUT2D eigenvalue weighted by Gasteiger charge is 2.26. The molecule has 0 spiro atoms. The topological polar surface area (TPSA) is 76.4 Å². The number of carbonyl (C=O) groups excluding carboxylic acids is 1. The lowest BCUT2D eigenvalue weighted by Crippen LogP contribution is -2.41. The van der Waals surface area contributed by atoms with E-state index in [4.69, 9.17) is 4.74 Å². The fourth-order valence-corrected chi connectivity index (χ4v) is 1.90. The Bertz CT molecular complexity index is 465. The quantitative estimate of drug-likeness (QED) is 0.840. The van der Waals surface area contributed by atoms with Gasteiger partial charge in [-0.05, 0) is 39.7 Å². The van der Waals surface area contributed by atoms with Crippen molar-refractivity contribution >= 4 is 6.09 Å². The van der Waals surface area contributed by atoms with Crippen LogP contribution in [0.25, 0.3) is 0 Å². The average Bonchev–Trinajstić information content (AvgIpc) is 2.78. The molecule has 1 heterocycles. The van der Waals surface area contributed by atoms with Crippen molar-refractivity contribution < 1.29 is 14.6 Å². The molecule has 1 aromatic heterocycles. The van der Waals surface area contributed by atoms with E-state index < -0.39 is 11.7 Å². The second-order valence-electron chi connectivity index (χ2n) is 6.77. The summed E-state index contributed by atoms with van der Waals surface area (Å²) in [6, 6.07) is 1.96. The van der Waals surface area contributed by atoms with E-state index in [-0.39, 0.29) is 12.0 Å². The second kappa shape index (κ2) is 6.93. The van der Waals surface area contributed by atoms with Gasteiger partial charge in [-0.3, -0.25) is 4.68 Å². The molecule has 120 valence electrons. The molecule has 1 unspecified atom stereocenters. The van der Waals surface area contributed by atoms with Gasteiger partial charge in [0, 0.05) is 30.9 Å². The maximum atomic E-state index is 11.7. The number of carbonyl (C=O) groups is 1. The number of aliphatic hydroxyl groups is 1. The van der Waals surface area contributed by atoms with Crippen LogP contribution in [0.1, 0.15) is 39.8 Å². The molecule has 0 saturated carbocycles. The number of hydrogen-bond donors (Lipinski definition) is 2.